The van der Waals surface area contributed by atoms with Gasteiger partial charge in [0.25, 0.3) is 5.91 Å². The number of H-pyrrole nitrogens is 1. The molecule has 0 aliphatic rings. The molecule has 18 heavy (non-hydrogen) atoms. The van der Waals surface area contributed by atoms with Gasteiger partial charge in [0.15, 0.2) is 5.43 Å². The Morgan fingerprint density at radius 3 is 2.83 bits per heavy atom. The molecule has 0 spiro atoms. The van der Waals surface area contributed by atoms with Crippen LogP contribution in [-0.4, -0.2) is 10.9 Å². The first-order valence-corrected chi connectivity index (χ1v) is 5.90. The van der Waals surface area contributed by atoms with Crippen molar-refractivity contribution in [3.05, 3.63) is 56.9 Å². The molecule has 2 rings (SSSR count). The van der Waals surface area contributed by atoms with Gasteiger partial charge in [-0.3, -0.25) is 9.59 Å². The number of rotatable bonds is 2. The third-order valence-corrected chi connectivity index (χ3v) is 3.00. The normalized spacial score (nSPS) is 10.1. The molecule has 1 amide bonds. The van der Waals surface area contributed by atoms with Crippen LogP contribution in [0.1, 0.15) is 10.4 Å². The van der Waals surface area contributed by atoms with E-state index in [1.54, 1.807) is 18.2 Å². The molecule has 1 heterocycles. The molecule has 5 nitrogen and oxygen atoms in total. The van der Waals surface area contributed by atoms with E-state index in [9.17, 15) is 9.59 Å². The first-order valence-electron chi connectivity index (χ1n) is 5.11. The SMILES string of the molecule is Nc1ccc(Br)c(NC(=O)c2c[nH]ccc2=O)c1. The first-order chi connectivity index (χ1) is 8.58. The van der Waals surface area contributed by atoms with Crippen molar-refractivity contribution in [2.45, 2.75) is 0 Å². The number of nitrogens with one attached hydrogen (secondary N) is 2. The number of carbonyl (C=O) groups excluding carboxylic acids is 1. The Bertz CT molecular complexity index is 652. The minimum absolute atomic E-state index is 0.0480. The lowest BCUT2D eigenvalue weighted by molar-refractivity contribution is 0.102. The Hall–Kier alpha value is -2.08. The van der Waals surface area contributed by atoms with E-state index in [1.165, 1.54) is 18.5 Å². The summed E-state index contributed by atoms with van der Waals surface area (Å²) in [5, 5.41) is 2.62. The summed E-state index contributed by atoms with van der Waals surface area (Å²) < 4.78 is 0.692. The van der Waals surface area contributed by atoms with E-state index < -0.39 is 5.91 Å². The van der Waals surface area contributed by atoms with Crippen LogP contribution in [-0.2, 0) is 0 Å². The molecular formula is C12H10BrN3O2. The largest absolute Gasteiger partial charge is 0.399 e. The summed E-state index contributed by atoms with van der Waals surface area (Å²) in [6.07, 6.45) is 2.83. The standard InChI is InChI=1S/C12H10BrN3O2/c13-9-2-1-7(14)5-10(9)16-12(18)8-6-15-4-3-11(8)17/h1-6H,14H2,(H,15,17)(H,16,18). The fourth-order valence-electron chi connectivity index (χ4n) is 1.42. The second-order valence-electron chi connectivity index (χ2n) is 3.62. The van der Waals surface area contributed by atoms with Gasteiger partial charge < -0.3 is 16.0 Å². The maximum absolute atomic E-state index is 11.9. The summed E-state index contributed by atoms with van der Waals surface area (Å²) in [5.74, 6) is -0.483. The summed E-state index contributed by atoms with van der Waals surface area (Å²) in [5.41, 5.74) is 6.38. The Morgan fingerprint density at radius 1 is 1.33 bits per heavy atom. The van der Waals surface area contributed by atoms with Gasteiger partial charge in [0, 0.05) is 28.6 Å². The topological polar surface area (TPSA) is 88.0 Å². The number of anilines is 2. The molecule has 0 saturated heterocycles. The van der Waals surface area contributed by atoms with Gasteiger partial charge in [-0.2, -0.15) is 0 Å². The summed E-state index contributed by atoms with van der Waals surface area (Å²) in [4.78, 5) is 26.1. The molecule has 0 aliphatic carbocycles. The molecule has 1 aromatic carbocycles. The predicted octanol–water partition coefficient (Wildman–Crippen LogP) is 1.97. The van der Waals surface area contributed by atoms with Crippen LogP contribution in [0.25, 0.3) is 0 Å². The van der Waals surface area contributed by atoms with E-state index in [4.69, 9.17) is 5.73 Å². The number of nitrogens with two attached hydrogens (primary N) is 1. The Labute approximate surface area is 111 Å². The molecule has 6 heteroatoms. The molecule has 0 atom stereocenters. The number of hydrogen-bond acceptors (Lipinski definition) is 3. The highest BCUT2D eigenvalue weighted by molar-refractivity contribution is 9.10. The molecule has 0 saturated carbocycles. The number of carbonyl (C=O) groups is 1. The number of benzene rings is 1. The minimum atomic E-state index is -0.483. The number of aromatic nitrogens is 1. The second kappa shape index (κ2) is 5.05. The number of hydrogen-bond donors (Lipinski definition) is 3. The zero-order valence-corrected chi connectivity index (χ0v) is 10.8. The molecule has 0 unspecified atom stereocenters. The van der Waals surface area contributed by atoms with Crippen LogP contribution in [0.15, 0.2) is 45.9 Å². The smallest absolute Gasteiger partial charge is 0.261 e. The van der Waals surface area contributed by atoms with Gasteiger partial charge in [0.05, 0.1) is 5.69 Å². The summed E-state index contributed by atoms with van der Waals surface area (Å²) in [6, 6.07) is 6.33. The van der Waals surface area contributed by atoms with Gasteiger partial charge in [-0.15, -0.1) is 0 Å². The van der Waals surface area contributed by atoms with Crippen molar-refractivity contribution in [3.8, 4) is 0 Å². The van der Waals surface area contributed by atoms with Crippen LogP contribution in [0.4, 0.5) is 11.4 Å². The number of pyridine rings is 1. The lowest BCUT2D eigenvalue weighted by Crippen LogP contribution is -2.21. The Balaban J connectivity index is 2.30. The molecule has 4 N–H and O–H groups in total. The molecule has 92 valence electrons. The van der Waals surface area contributed by atoms with E-state index in [0.29, 0.717) is 15.8 Å². The van der Waals surface area contributed by atoms with Crippen LogP contribution in [0.3, 0.4) is 0 Å². The van der Waals surface area contributed by atoms with Crippen LogP contribution in [0.2, 0.25) is 0 Å². The third kappa shape index (κ3) is 2.60. The highest BCUT2D eigenvalue weighted by atomic mass is 79.9. The summed E-state index contributed by atoms with van der Waals surface area (Å²) in [7, 11) is 0. The van der Waals surface area contributed by atoms with Crippen molar-refractivity contribution < 1.29 is 4.79 Å². The second-order valence-corrected chi connectivity index (χ2v) is 4.47. The molecular weight excluding hydrogens is 298 g/mol. The predicted molar refractivity (Wildman–Crippen MR) is 73.6 cm³/mol. The van der Waals surface area contributed by atoms with Crippen molar-refractivity contribution in [1.82, 2.24) is 4.98 Å². The van der Waals surface area contributed by atoms with Crippen LogP contribution < -0.4 is 16.5 Å². The van der Waals surface area contributed by atoms with Crippen molar-refractivity contribution in [2.24, 2.45) is 0 Å². The number of aromatic amines is 1. The van der Waals surface area contributed by atoms with Gasteiger partial charge >= 0.3 is 0 Å². The van der Waals surface area contributed by atoms with Crippen molar-refractivity contribution >= 4 is 33.2 Å². The number of halogens is 1. The third-order valence-electron chi connectivity index (χ3n) is 2.31. The van der Waals surface area contributed by atoms with Gasteiger partial charge in [0.2, 0.25) is 0 Å². The lowest BCUT2D eigenvalue weighted by Gasteiger charge is -2.07. The van der Waals surface area contributed by atoms with Crippen LogP contribution >= 0.6 is 15.9 Å². The zero-order valence-electron chi connectivity index (χ0n) is 9.24. The molecule has 1 aromatic heterocycles. The lowest BCUT2D eigenvalue weighted by atomic mass is 10.2. The fraction of sp³-hybridized carbons (Fsp3) is 0. The average molecular weight is 308 g/mol. The number of nitrogen functional groups attached to an aromatic ring is 1. The van der Waals surface area contributed by atoms with E-state index in [2.05, 4.69) is 26.2 Å². The maximum Gasteiger partial charge on any atom is 0.261 e. The van der Waals surface area contributed by atoms with Gasteiger partial charge in [0.1, 0.15) is 5.56 Å². The molecule has 0 fully saturated rings. The molecule has 0 aliphatic heterocycles. The van der Waals surface area contributed by atoms with E-state index in [-0.39, 0.29) is 11.0 Å². The van der Waals surface area contributed by atoms with Crippen LogP contribution in [0, 0.1) is 0 Å². The average Bonchev–Trinajstić information content (AvgIpc) is 2.34. The van der Waals surface area contributed by atoms with E-state index in [1.807, 2.05) is 0 Å². The van der Waals surface area contributed by atoms with Crippen molar-refractivity contribution in [2.75, 3.05) is 11.1 Å². The first kappa shape index (κ1) is 12.4. The van der Waals surface area contributed by atoms with Gasteiger partial charge in [-0.25, -0.2) is 0 Å². The van der Waals surface area contributed by atoms with Crippen molar-refractivity contribution in [3.63, 3.8) is 0 Å². The van der Waals surface area contributed by atoms with Gasteiger partial charge in [-0.05, 0) is 34.1 Å². The quantitative estimate of drug-likeness (QED) is 0.741. The Morgan fingerprint density at radius 2 is 2.11 bits per heavy atom. The molecule has 0 radical (unpaired) electrons. The summed E-state index contributed by atoms with van der Waals surface area (Å²) >= 11 is 3.29. The molecule has 0 bridgehead atoms. The van der Waals surface area contributed by atoms with E-state index >= 15 is 0 Å². The van der Waals surface area contributed by atoms with Crippen molar-refractivity contribution in [1.29, 1.82) is 0 Å². The van der Waals surface area contributed by atoms with Gasteiger partial charge in [-0.1, -0.05) is 0 Å². The maximum atomic E-state index is 11.9. The fourth-order valence-corrected chi connectivity index (χ4v) is 1.77. The highest BCUT2D eigenvalue weighted by Crippen LogP contribution is 2.24. The molecule has 2 aromatic rings. The summed E-state index contributed by atoms with van der Waals surface area (Å²) in [6.45, 7) is 0. The minimum Gasteiger partial charge on any atom is -0.399 e. The highest BCUT2D eigenvalue weighted by Gasteiger charge is 2.11. The number of amides is 1. The monoisotopic (exact) mass is 307 g/mol. The zero-order chi connectivity index (χ0) is 13.1. The van der Waals surface area contributed by atoms with E-state index in [0.717, 1.165) is 0 Å². The van der Waals surface area contributed by atoms with Crippen LogP contribution in [0.5, 0.6) is 0 Å². The Kier molecular flexibility index (Phi) is 3.47.